The van der Waals surface area contributed by atoms with Crippen LogP contribution in [0, 0.1) is 0 Å². The summed E-state index contributed by atoms with van der Waals surface area (Å²) < 4.78 is 27.9. The molecule has 5 N–H and O–H groups in total. The van der Waals surface area contributed by atoms with Gasteiger partial charge in [-0.1, -0.05) is 24.3 Å². The maximum absolute atomic E-state index is 11.8. The van der Waals surface area contributed by atoms with Crippen LogP contribution in [0.25, 0.3) is 0 Å². The number of ether oxygens (including phenoxy) is 1. The van der Waals surface area contributed by atoms with E-state index in [0.29, 0.717) is 43.9 Å². The van der Waals surface area contributed by atoms with Crippen LogP contribution in [0.4, 0.5) is 5.69 Å². The van der Waals surface area contributed by atoms with Gasteiger partial charge in [-0.15, -0.1) is 0 Å². The topological polar surface area (TPSA) is 125 Å². The van der Waals surface area contributed by atoms with Crippen LogP contribution in [0.5, 0.6) is 5.75 Å². The lowest BCUT2D eigenvalue weighted by Crippen LogP contribution is -2.25. The molecule has 8 heteroatoms. The number of primary sulfonamides is 1. The predicted octanol–water partition coefficient (Wildman–Crippen LogP) is 1.43. The SMILES string of the molecule is Nc1ccccc1OCCCC(=O)NCCc1ccc(S(N)(=O)=O)cc1. The first-order valence-electron chi connectivity index (χ1n) is 8.22. The van der Waals surface area contributed by atoms with Crippen molar-refractivity contribution < 1.29 is 17.9 Å². The molecule has 2 aromatic rings. The lowest BCUT2D eigenvalue weighted by molar-refractivity contribution is -0.121. The monoisotopic (exact) mass is 377 g/mol. The fourth-order valence-corrected chi connectivity index (χ4v) is 2.82. The van der Waals surface area contributed by atoms with Crippen LogP contribution >= 0.6 is 0 Å². The molecule has 1 amide bonds. The maximum atomic E-state index is 11.8. The first-order chi connectivity index (χ1) is 12.4. The van der Waals surface area contributed by atoms with E-state index < -0.39 is 10.0 Å². The highest BCUT2D eigenvalue weighted by molar-refractivity contribution is 7.89. The number of hydrogen-bond acceptors (Lipinski definition) is 5. The molecule has 140 valence electrons. The zero-order chi connectivity index (χ0) is 19.0. The summed E-state index contributed by atoms with van der Waals surface area (Å²) >= 11 is 0. The van der Waals surface area contributed by atoms with Crippen molar-refractivity contribution in [2.24, 2.45) is 5.14 Å². The van der Waals surface area contributed by atoms with E-state index in [1.165, 1.54) is 12.1 Å². The highest BCUT2D eigenvalue weighted by Crippen LogP contribution is 2.19. The lowest BCUT2D eigenvalue weighted by Gasteiger charge is -2.09. The van der Waals surface area contributed by atoms with Crippen LogP contribution in [0.1, 0.15) is 18.4 Å². The van der Waals surface area contributed by atoms with Crippen molar-refractivity contribution in [3.05, 3.63) is 54.1 Å². The molecule has 0 aliphatic heterocycles. The second kappa shape index (κ2) is 9.21. The highest BCUT2D eigenvalue weighted by atomic mass is 32.2. The second-order valence-corrected chi connectivity index (χ2v) is 7.34. The summed E-state index contributed by atoms with van der Waals surface area (Å²) in [4.78, 5) is 11.9. The van der Waals surface area contributed by atoms with E-state index in [0.717, 1.165) is 5.56 Å². The molecule has 0 heterocycles. The Morgan fingerprint density at radius 2 is 1.77 bits per heavy atom. The molecular formula is C18H23N3O4S. The minimum atomic E-state index is -3.68. The molecular weight excluding hydrogens is 354 g/mol. The summed E-state index contributed by atoms with van der Waals surface area (Å²) in [6, 6.07) is 13.5. The minimum absolute atomic E-state index is 0.0595. The van der Waals surface area contributed by atoms with E-state index in [4.69, 9.17) is 15.6 Å². The molecule has 0 aliphatic carbocycles. The Labute approximate surface area is 153 Å². The molecule has 0 saturated carbocycles. The Morgan fingerprint density at radius 3 is 2.42 bits per heavy atom. The summed E-state index contributed by atoms with van der Waals surface area (Å²) in [5.41, 5.74) is 7.26. The van der Waals surface area contributed by atoms with E-state index in [2.05, 4.69) is 5.32 Å². The van der Waals surface area contributed by atoms with Crippen molar-refractivity contribution in [1.29, 1.82) is 0 Å². The Hall–Kier alpha value is -2.58. The minimum Gasteiger partial charge on any atom is -0.491 e. The summed E-state index contributed by atoms with van der Waals surface area (Å²) in [7, 11) is -3.68. The highest BCUT2D eigenvalue weighted by Gasteiger charge is 2.07. The number of sulfonamides is 1. The van der Waals surface area contributed by atoms with Crippen molar-refractivity contribution in [3.8, 4) is 5.75 Å². The largest absolute Gasteiger partial charge is 0.491 e. The molecule has 0 fully saturated rings. The van der Waals surface area contributed by atoms with E-state index in [-0.39, 0.29) is 10.8 Å². The zero-order valence-corrected chi connectivity index (χ0v) is 15.2. The average Bonchev–Trinajstić information content (AvgIpc) is 2.60. The smallest absolute Gasteiger partial charge is 0.238 e. The molecule has 0 bridgehead atoms. The second-order valence-electron chi connectivity index (χ2n) is 5.78. The number of carbonyl (C=O) groups is 1. The fourth-order valence-electron chi connectivity index (χ4n) is 2.31. The van der Waals surface area contributed by atoms with Crippen LogP contribution in [0.15, 0.2) is 53.4 Å². The van der Waals surface area contributed by atoms with Gasteiger partial charge in [0.15, 0.2) is 0 Å². The normalized spacial score (nSPS) is 11.1. The van der Waals surface area contributed by atoms with Crippen LogP contribution in [-0.2, 0) is 21.2 Å². The van der Waals surface area contributed by atoms with Crippen molar-refractivity contribution in [1.82, 2.24) is 5.32 Å². The first-order valence-corrected chi connectivity index (χ1v) is 9.76. The average molecular weight is 377 g/mol. The number of benzene rings is 2. The van der Waals surface area contributed by atoms with E-state index in [1.807, 2.05) is 12.1 Å². The Balaban J connectivity index is 1.64. The number of carbonyl (C=O) groups excluding carboxylic acids is 1. The Kier molecular flexibility index (Phi) is 6.99. The van der Waals surface area contributed by atoms with E-state index in [9.17, 15) is 13.2 Å². The fraction of sp³-hybridized carbons (Fsp3) is 0.278. The molecule has 0 unspecified atom stereocenters. The number of hydrogen-bond donors (Lipinski definition) is 3. The molecule has 0 saturated heterocycles. The van der Waals surface area contributed by atoms with Crippen molar-refractivity contribution >= 4 is 21.6 Å². The first kappa shape index (κ1) is 19.7. The molecule has 0 spiro atoms. The van der Waals surface area contributed by atoms with Gasteiger partial charge in [-0.25, -0.2) is 13.6 Å². The van der Waals surface area contributed by atoms with Crippen LogP contribution in [-0.4, -0.2) is 27.5 Å². The van der Waals surface area contributed by atoms with E-state index in [1.54, 1.807) is 24.3 Å². The summed E-state index contributed by atoms with van der Waals surface area (Å²) in [5.74, 6) is 0.562. The molecule has 0 aromatic heterocycles. The summed E-state index contributed by atoms with van der Waals surface area (Å²) in [6.07, 6.45) is 1.55. The summed E-state index contributed by atoms with van der Waals surface area (Å²) in [6.45, 7) is 0.886. The van der Waals surface area contributed by atoms with Gasteiger partial charge in [0.25, 0.3) is 0 Å². The molecule has 0 aliphatic rings. The van der Waals surface area contributed by atoms with Gasteiger partial charge in [0.05, 0.1) is 17.2 Å². The Bertz CT molecular complexity index is 836. The maximum Gasteiger partial charge on any atom is 0.238 e. The molecule has 2 aromatic carbocycles. The number of anilines is 1. The van der Waals surface area contributed by atoms with Crippen molar-refractivity contribution in [2.75, 3.05) is 18.9 Å². The number of para-hydroxylation sites is 2. The third-order valence-electron chi connectivity index (χ3n) is 3.71. The third-order valence-corrected chi connectivity index (χ3v) is 4.64. The van der Waals surface area contributed by atoms with Gasteiger partial charge in [-0.05, 0) is 42.7 Å². The molecule has 7 nitrogen and oxygen atoms in total. The molecule has 26 heavy (non-hydrogen) atoms. The molecule has 0 atom stereocenters. The number of nitrogens with two attached hydrogens (primary N) is 2. The number of nitrogens with one attached hydrogen (secondary N) is 1. The lowest BCUT2D eigenvalue weighted by atomic mass is 10.1. The van der Waals surface area contributed by atoms with Gasteiger partial charge in [0.1, 0.15) is 5.75 Å². The summed E-state index contributed by atoms with van der Waals surface area (Å²) in [5, 5.41) is 7.87. The molecule has 0 radical (unpaired) electrons. The van der Waals surface area contributed by atoms with Gasteiger partial charge >= 0.3 is 0 Å². The Morgan fingerprint density at radius 1 is 1.08 bits per heavy atom. The van der Waals surface area contributed by atoms with E-state index >= 15 is 0 Å². The van der Waals surface area contributed by atoms with Crippen LogP contribution in [0.3, 0.4) is 0 Å². The number of nitrogen functional groups attached to an aromatic ring is 1. The third kappa shape index (κ3) is 6.38. The van der Waals surface area contributed by atoms with Gasteiger partial charge in [0, 0.05) is 13.0 Å². The number of rotatable bonds is 9. The molecule has 2 rings (SSSR count). The standard InChI is InChI=1S/C18H23N3O4S/c19-16-4-1-2-5-17(16)25-13-3-6-18(22)21-12-11-14-7-9-15(10-8-14)26(20,23)24/h1-2,4-5,7-10H,3,6,11-13,19H2,(H,21,22)(H2,20,23,24). The van der Waals surface area contributed by atoms with Gasteiger partial charge in [0.2, 0.25) is 15.9 Å². The predicted molar refractivity (Wildman–Crippen MR) is 100 cm³/mol. The van der Waals surface area contributed by atoms with Gasteiger partial charge in [-0.2, -0.15) is 0 Å². The van der Waals surface area contributed by atoms with Crippen LogP contribution < -0.4 is 20.9 Å². The quantitative estimate of drug-likeness (QED) is 0.450. The van der Waals surface area contributed by atoms with Gasteiger partial charge in [-0.3, -0.25) is 4.79 Å². The number of amides is 1. The van der Waals surface area contributed by atoms with Crippen molar-refractivity contribution in [2.45, 2.75) is 24.2 Å². The van der Waals surface area contributed by atoms with Crippen molar-refractivity contribution in [3.63, 3.8) is 0 Å². The van der Waals surface area contributed by atoms with Crippen LogP contribution in [0.2, 0.25) is 0 Å². The van der Waals surface area contributed by atoms with Gasteiger partial charge < -0.3 is 15.8 Å². The zero-order valence-electron chi connectivity index (χ0n) is 14.4.